The second-order valence-electron chi connectivity index (χ2n) is 13.1. The van der Waals surface area contributed by atoms with Crippen LogP contribution < -0.4 is 9.47 Å². The molecule has 44 heavy (non-hydrogen) atoms. The predicted octanol–water partition coefficient (Wildman–Crippen LogP) is 8.76. The monoisotopic (exact) mass is 589 g/mol. The first kappa shape index (κ1) is 29.8. The first-order chi connectivity index (χ1) is 21.3. The van der Waals surface area contributed by atoms with Gasteiger partial charge in [-0.05, 0) is 104 Å². The highest BCUT2D eigenvalue weighted by Gasteiger charge is 2.34. The highest BCUT2D eigenvalue weighted by molar-refractivity contribution is 5.69. The van der Waals surface area contributed by atoms with Crippen LogP contribution in [-0.4, -0.2) is 36.3 Å². The van der Waals surface area contributed by atoms with Crippen molar-refractivity contribution in [3.05, 3.63) is 131 Å². The average Bonchev–Trinajstić information content (AvgIpc) is 3.01. The molecule has 0 aromatic heterocycles. The van der Waals surface area contributed by atoms with Gasteiger partial charge in [-0.2, -0.15) is 0 Å². The van der Waals surface area contributed by atoms with Gasteiger partial charge >= 0.3 is 6.09 Å². The van der Waals surface area contributed by atoms with Crippen molar-refractivity contribution in [1.82, 2.24) is 4.90 Å². The smallest absolute Gasteiger partial charge is 0.410 e. The third kappa shape index (κ3) is 7.27. The number of fused-ring (bicyclic) bond motifs is 1. The predicted molar refractivity (Wildman–Crippen MR) is 174 cm³/mol. The SMILES string of the molecule is CC(C)(C)OC(=O)N1CC(CCOc2ccc(C3c4ccc(OCc5ccccc5)cc4CCC3c3ccccc3)cc2)C1. The zero-order chi connectivity index (χ0) is 30.5. The molecule has 228 valence electrons. The minimum absolute atomic E-state index is 0.223. The standard InChI is InChI=1S/C39H43NO4/c1-39(2,3)44-38(41)40-25-29(26-40)22-23-42-33-17-14-31(15-18-33)37-35(30-12-8-5-9-13-30)20-16-32-24-34(19-21-36(32)37)43-27-28-10-6-4-7-11-28/h4-15,17-19,21,24,29,35,37H,16,20,22-23,25-27H2,1-3H3. The van der Waals surface area contributed by atoms with Gasteiger partial charge in [-0.3, -0.25) is 0 Å². The van der Waals surface area contributed by atoms with Gasteiger partial charge in [-0.1, -0.05) is 78.9 Å². The van der Waals surface area contributed by atoms with Crippen molar-refractivity contribution in [1.29, 1.82) is 0 Å². The molecule has 1 saturated heterocycles. The lowest BCUT2D eigenvalue weighted by Crippen LogP contribution is -2.51. The molecule has 0 saturated carbocycles. The lowest BCUT2D eigenvalue weighted by atomic mass is 9.69. The number of aryl methyl sites for hydroxylation is 1. The molecule has 0 bridgehead atoms. The van der Waals surface area contributed by atoms with Crippen molar-refractivity contribution in [3.8, 4) is 11.5 Å². The number of likely N-dealkylation sites (tertiary alicyclic amines) is 1. The third-order valence-electron chi connectivity index (χ3n) is 8.70. The zero-order valence-electron chi connectivity index (χ0n) is 26.1. The Bertz CT molecular complexity index is 1520. The first-order valence-electron chi connectivity index (χ1n) is 15.9. The summed E-state index contributed by atoms with van der Waals surface area (Å²) in [5, 5.41) is 0. The maximum Gasteiger partial charge on any atom is 0.410 e. The first-order valence-corrected chi connectivity index (χ1v) is 15.9. The largest absolute Gasteiger partial charge is 0.494 e. The van der Waals surface area contributed by atoms with Gasteiger partial charge in [0.05, 0.1) is 6.61 Å². The molecule has 4 aromatic carbocycles. The van der Waals surface area contributed by atoms with Gasteiger partial charge in [0.15, 0.2) is 0 Å². The Balaban J connectivity index is 1.11. The average molecular weight is 590 g/mol. The number of hydrogen-bond acceptors (Lipinski definition) is 4. The Kier molecular flexibility index (Phi) is 8.92. The minimum atomic E-state index is -0.460. The third-order valence-corrected chi connectivity index (χ3v) is 8.70. The van der Waals surface area contributed by atoms with Crippen LogP contribution in [0.15, 0.2) is 103 Å². The minimum Gasteiger partial charge on any atom is -0.494 e. The molecule has 1 aliphatic heterocycles. The van der Waals surface area contributed by atoms with Crippen LogP contribution in [-0.2, 0) is 17.8 Å². The molecule has 1 heterocycles. The van der Waals surface area contributed by atoms with Crippen molar-refractivity contribution in [2.75, 3.05) is 19.7 Å². The van der Waals surface area contributed by atoms with Crippen molar-refractivity contribution < 1.29 is 19.0 Å². The maximum absolute atomic E-state index is 12.2. The summed E-state index contributed by atoms with van der Waals surface area (Å²) in [4.78, 5) is 14.0. The summed E-state index contributed by atoms with van der Waals surface area (Å²) in [6.45, 7) is 8.37. The van der Waals surface area contributed by atoms with Gasteiger partial charge in [-0.25, -0.2) is 4.79 Å². The van der Waals surface area contributed by atoms with E-state index in [9.17, 15) is 4.79 Å². The summed E-state index contributed by atoms with van der Waals surface area (Å²) < 4.78 is 17.8. The number of carbonyl (C=O) groups is 1. The molecule has 0 N–H and O–H groups in total. The molecular formula is C39H43NO4. The van der Waals surface area contributed by atoms with Crippen LogP contribution in [0, 0.1) is 5.92 Å². The van der Waals surface area contributed by atoms with Crippen LogP contribution in [0.25, 0.3) is 0 Å². The molecule has 5 nitrogen and oxygen atoms in total. The summed E-state index contributed by atoms with van der Waals surface area (Å²) >= 11 is 0. The molecule has 1 fully saturated rings. The molecule has 2 atom stereocenters. The summed E-state index contributed by atoms with van der Waals surface area (Å²) in [7, 11) is 0. The highest BCUT2D eigenvalue weighted by atomic mass is 16.6. The topological polar surface area (TPSA) is 48.0 Å². The molecular weight excluding hydrogens is 546 g/mol. The molecule has 1 amide bonds. The molecule has 5 heteroatoms. The fourth-order valence-corrected chi connectivity index (χ4v) is 6.44. The number of nitrogens with zero attached hydrogens (tertiary/aromatic N) is 1. The van der Waals surface area contributed by atoms with Gasteiger partial charge < -0.3 is 19.1 Å². The molecule has 0 radical (unpaired) electrons. The van der Waals surface area contributed by atoms with Crippen molar-refractivity contribution in [2.45, 2.75) is 64.1 Å². The Hall–Kier alpha value is -4.25. The van der Waals surface area contributed by atoms with Gasteiger partial charge in [-0.15, -0.1) is 0 Å². The van der Waals surface area contributed by atoms with Crippen molar-refractivity contribution in [3.63, 3.8) is 0 Å². The molecule has 0 spiro atoms. The van der Waals surface area contributed by atoms with E-state index >= 15 is 0 Å². The van der Waals surface area contributed by atoms with E-state index in [4.69, 9.17) is 14.2 Å². The van der Waals surface area contributed by atoms with Crippen LogP contribution in [0.4, 0.5) is 4.79 Å². The fraction of sp³-hybridized carbons (Fsp3) is 0.359. The molecule has 4 aromatic rings. The summed E-state index contributed by atoms with van der Waals surface area (Å²) in [5.41, 5.74) is 6.15. The van der Waals surface area contributed by atoms with Crippen LogP contribution in [0.1, 0.15) is 73.3 Å². The van der Waals surface area contributed by atoms with E-state index in [1.165, 1.54) is 27.8 Å². The Labute approximate surface area is 261 Å². The van der Waals surface area contributed by atoms with E-state index in [2.05, 4.69) is 84.9 Å². The van der Waals surface area contributed by atoms with Crippen LogP contribution in [0.3, 0.4) is 0 Å². The highest BCUT2D eigenvalue weighted by Crippen LogP contribution is 2.47. The zero-order valence-corrected chi connectivity index (χ0v) is 26.1. The number of amides is 1. The quantitative estimate of drug-likeness (QED) is 0.196. The van der Waals surface area contributed by atoms with Crippen molar-refractivity contribution >= 4 is 6.09 Å². The lowest BCUT2D eigenvalue weighted by molar-refractivity contribution is -0.00383. The number of hydrogen-bond donors (Lipinski definition) is 0. The van der Waals surface area contributed by atoms with E-state index in [0.717, 1.165) is 43.9 Å². The van der Waals surface area contributed by atoms with Gasteiger partial charge in [0.1, 0.15) is 23.7 Å². The Morgan fingerprint density at radius 1 is 0.795 bits per heavy atom. The lowest BCUT2D eigenvalue weighted by Gasteiger charge is -2.39. The van der Waals surface area contributed by atoms with E-state index in [1.807, 2.05) is 39.0 Å². The fourth-order valence-electron chi connectivity index (χ4n) is 6.44. The van der Waals surface area contributed by atoms with Crippen LogP contribution in [0.5, 0.6) is 11.5 Å². The van der Waals surface area contributed by atoms with Gasteiger partial charge in [0, 0.05) is 19.0 Å². The normalized spacial score (nSPS) is 18.2. The molecule has 2 unspecified atom stereocenters. The molecule has 6 rings (SSSR count). The van der Waals surface area contributed by atoms with E-state index in [-0.39, 0.29) is 12.0 Å². The Morgan fingerprint density at radius 2 is 1.48 bits per heavy atom. The van der Waals surface area contributed by atoms with Crippen LogP contribution in [0.2, 0.25) is 0 Å². The summed E-state index contributed by atoms with van der Waals surface area (Å²) in [5.74, 6) is 2.92. The van der Waals surface area contributed by atoms with Crippen LogP contribution >= 0.6 is 0 Å². The molecule has 1 aliphatic carbocycles. The maximum atomic E-state index is 12.2. The summed E-state index contributed by atoms with van der Waals surface area (Å²) in [6, 6.07) is 36.6. The van der Waals surface area contributed by atoms with E-state index in [1.54, 1.807) is 4.90 Å². The number of rotatable bonds is 9. The number of benzene rings is 4. The second kappa shape index (κ2) is 13.2. The van der Waals surface area contributed by atoms with E-state index < -0.39 is 5.60 Å². The van der Waals surface area contributed by atoms with Gasteiger partial charge in [0.25, 0.3) is 0 Å². The Morgan fingerprint density at radius 3 is 2.18 bits per heavy atom. The second-order valence-corrected chi connectivity index (χ2v) is 13.1. The van der Waals surface area contributed by atoms with Crippen molar-refractivity contribution in [2.24, 2.45) is 5.92 Å². The number of ether oxygens (including phenoxy) is 3. The van der Waals surface area contributed by atoms with Gasteiger partial charge in [0.2, 0.25) is 0 Å². The number of carbonyl (C=O) groups excluding carboxylic acids is 1. The summed E-state index contributed by atoms with van der Waals surface area (Å²) in [6.07, 6.45) is 2.81. The van der Waals surface area contributed by atoms with E-state index in [0.29, 0.717) is 25.0 Å². The molecule has 2 aliphatic rings.